The number of nitrogens with one attached hydrogen (secondary N) is 3. The fourth-order valence-electron chi connectivity index (χ4n) is 2.26. The van der Waals surface area contributed by atoms with Crippen LogP contribution in [0.4, 0.5) is 10.5 Å². The van der Waals surface area contributed by atoms with E-state index in [1.165, 1.54) is 36.4 Å². The number of hydrogen-bond donors (Lipinski definition) is 3. The van der Waals surface area contributed by atoms with Crippen molar-refractivity contribution in [3.8, 4) is 0 Å². The van der Waals surface area contributed by atoms with Gasteiger partial charge in [0.05, 0.1) is 16.4 Å². The van der Waals surface area contributed by atoms with E-state index in [0.717, 1.165) is 5.56 Å². The van der Waals surface area contributed by atoms with Gasteiger partial charge in [0.1, 0.15) is 0 Å². The highest BCUT2D eigenvalue weighted by molar-refractivity contribution is 7.89. The van der Waals surface area contributed by atoms with Gasteiger partial charge in [0.15, 0.2) is 0 Å². The van der Waals surface area contributed by atoms with E-state index < -0.39 is 26.1 Å². The van der Waals surface area contributed by atoms with E-state index in [4.69, 9.17) is 4.74 Å². The minimum atomic E-state index is -3.83. The van der Waals surface area contributed by atoms with Crippen molar-refractivity contribution in [1.82, 2.24) is 9.44 Å². The molecule has 2 aromatic rings. The highest BCUT2D eigenvalue weighted by Gasteiger charge is 2.16. The van der Waals surface area contributed by atoms with Gasteiger partial charge >= 0.3 is 6.09 Å². The van der Waals surface area contributed by atoms with Gasteiger partial charge in [-0.1, -0.05) is 17.7 Å². The number of rotatable bonds is 9. The van der Waals surface area contributed by atoms with Crippen molar-refractivity contribution in [3.63, 3.8) is 0 Å². The van der Waals surface area contributed by atoms with Crippen molar-refractivity contribution < 1.29 is 26.4 Å². The second-order valence-electron chi connectivity index (χ2n) is 5.98. The summed E-state index contributed by atoms with van der Waals surface area (Å²) in [6.45, 7) is 3.49. The van der Waals surface area contributed by atoms with E-state index in [0.29, 0.717) is 5.69 Å². The zero-order valence-corrected chi connectivity index (χ0v) is 17.6. The molecule has 0 unspecified atom stereocenters. The molecular weight excluding hydrogens is 418 g/mol. The van der Waals surface area contributed by atoms with Crippen LogP contribution in [0.5, 0.6) is 0 Å². The smallest absolute Gasteiger partial charge is 0.411 e. The van der Waals surface area contributed by atoms with Crippen LogP contribution in [-0.4, -0.2) is 42.6 Å². The van der Waals surface area contributed by atoms with Crippen LogP contribution < -0.4 is 14.8 Å². The molecule has 0 saturated carbocycles. The number of ether oxygens (including phenoxy) is 1. The Balaban J connectivity index is 1.89. The van der Waals surface area contributed by atoms with Crippen molar-refractivity contribution in [2.45, 2.75) is 23.6 Å². The van der Waals surface area contributed by atoms with E-state index in [-0.39, 0.29) is 29.5 Å². The molecule has 158 valence electrons. The topological polar surface area (TPSA) is 131 Å². The van der Waals surface area contributed by atoms with Crippen molar-refractivity contribution in [2.24, 2.45) is 0 Å². The van der Waals surface area contributed by atoms with Crippen LogP contribution in [0.15, 0.2) is 58.3 Å². The van der Waals surface area contributed by atoms with Gasteiger partial charge in [-0.05, 0) is 50.2 Å². The summed E-state index contributed by atoms with van der Waals surface area (Å²) in [6, 6.07) is 11.8. The lowest BCUT2D eigenvalue weighted by molar-refractivity contribution is 0.168. The van der Waals surface area contributed by atoms with E-state index in [9.17, 15) is 21.6 Å². The Morgan fingerprint density at radius 2 is 1.28 bits per heavy atom. The van der Waals surface area contributed by atoms with Gasteiger partial charge < -0.3 is 4.74 Å². The van der Waals surface area contributed by atoms with E-state index in [1.807, 2.05) is 6.92 Å². The molecule has 0 radical (unpaired) electrons. The molecule has 0 bridgehead atoms. The Hall–Kier alpha value is -2.47. The second kappa shape index (κ2) is 9.83. The van der Waals surface area contributed by atoms with Crippen molar-refractivity contribution >= 4 is 31.8 Å². The molecule has 0 aliphatic rings. The van der Waals surface area contributed by atoms with E-state index >= 15 is 0 Å². The maximum absolute atomic E-state index is 12.3. The number of amides is 1. The van der Waals surface area contributed by atoms with Crippen LogP contribution in [0.1, 0.15) is 12.5 Å². The highest BCUT2D eigenvalue weighted by Crippen LogP contribution is 2.14. The first-order valence-corrected chi connectivity index (χ1v) is 11.7. The maximum Gasteiger partial charge on any atom is 0.411 e. The summed E-state index contributed by atoms with van der Waals surface area (Å²) >= 11 is 0. The molecule has 0 atom stereocenters. The number of carbonyl (C=O) groups excluding carboxylic acids is 1. The predicted molar refractivity (Wildman–Crippen MR) is 109 cm³/mol. The van der Waals surface area contributed by atoms with E-state index in [2.05, 4.69) is 14.8 Å². The largest absolute Gasteiger partial charge is 0.450 e. The standard InChI is InChI=1S/C18H23N3O6S2/c1-3-27-18(22)21-15-6-10-17(11-7-15)29(25,26)20-13-12-19-28(23,24)16-8-4-14(2)5-9-16/h4-11,19-20H,3,12-13H2,1-2H3,(H,21,22). The molecule has 2 rings (SSSR count). The SMILES string of the molecule is CCOC(=O)Nc1ccc(S(=O)(=O)NCCNS(=O)(=O)c2ccc(C)cc2)cc1. The van der Waals surface area contributed by atoms with Gasteiger partial charge in [-0.3, -0.25) is 5.32 Å². The normalized spacial score (nSPS) is 11.8. The zero-order chi connectivity index (χ0) is 21.5. The Labute approximate surface area is 170 Å². The summed E-state index contributed by atoms with van der Waals surface area (Å²) in [5.74, 6) is 0. The van der Waals surface area contributed by atoms with Gasteiger partial charge in [-0.15, -0.1) is 0 Å². The number of hydrogen-bond acceptors (Lipinski definition) is 6. The first kappa shape index (κ1) is 22.8. The molecule has 3 N–H and O–H groups in total. The molecule has 0 heterocycles. The summed E-state index contributed by atoms with van der Waals surface area (Å²) in [5, 5.41) is 2.46. The molecule has 0 spiro atoms. The number of carbonyl (C=O) groups is 1. The Morgan fingerprint density at radius 3 is 1.72 bits per heavy atom. The van der Waals surface area contributed by atoms with Gasteiger partial charge in [0, 0.05) is 18.8 Å². The van der Waals surface area contributed by atoms with Crippen molar-refractivity contribution in [2.75, 3.05) is 25.0 Å². The number of aryl methyl sites for hydroxylation is 1. The first-order valence-electron chi connectivity index (χ1n) is 8.74. The second-order valence-corrected chi connectivity index (χ2v) is 9.51. The van der Waals surface area contributed by atoms with Gasteiger partial charge in [0.25, 0.3) is 0 Å². The Bertz CT molecular complexity index is 1030. The van der Waals surface area contributed by atoms with Crippen LogP contribution in [0.3, 0.4) is 0 Å². The quantitative estimate of drug-likeness (QED) is 0.509. The van der Waals surface area contributed by atoms with Crippen LogP contribution in [0.2, 0.25) is 0 Å². The predicted octanol–water partition coefficient (Wildman–Crippen LogP) is 1.82. The third kappa shape index (κ3) is 6.82. The van der Waals surface area contributed by atoms with Crippen LogP contribution in [0.25, 0.3) is 0 Å². The molecule has 0 aromatic heterocycles. The Morgan fingerprint density at radius 1 is 0.828 bits per heavy atom. The molecule has 0 fully saturated rings. The van der Waals surface area contributed by atoms with Crippen LogP contribution in [-0.2, 0) is 24.8 Å². The molecule has 1 amide bonds. The van der Waals surface area contributed by atoms with Gasteiger partial charge in [-0.25, -0.2) is 31.1 Å². The van der Waals surface area contributed by atoms with Crippen molar-refractivity contribution in [1.29, 1.82) is 0 Å². The third-order valence-corrected chi connectivity index (χ3v) is 6.68. The molecule has 9 nitrogen and oxygen atoms in total. The monoisotopic (exact) mass is 441 g/mol. The number of sulfonamides is 2. The molecule has 0 saturated heterocycles. The van der Waals surface area contributed by atoms with Crippen LogP contribution >= 0.6 is 0 Å². The van der Waals surface area contributed by atoms with Gasteiger partial charge in [0.2, 0.25) is 20.0 Å². The minimum absolute atomic E-state index is 0.0201. The fourth-order valence-corrected chi connectivity index (χ4v) is 4.32. The summed E-state index contributed by atoms with van der Waals surface area (Å²) in [4.78, 5) is 11.4. The molecule has 11 heteroatoms. The summed E-state index contributed by atoms with van der Waals surface area (Å²) in [7, 11) is -7.55. The molecule has 2 aromatic carbocycles. The lowest BCUT2D eigenvalue weighted by atomic mass is 10.2. The summed E-state index contributed by atoms with van der Waals surface area (Å²) in [5.41, 5.74) is 1.31. The zero-order valence-electron chi connectivity index (χ0n) is 16.0. The molecule has 0 aliphatic heterocycles. The third-order valence-electron chi connectivity index (χ3n) is 3.73. The average Bonchev–Trinajstić information content (AvgIpc) is 2.66. The molecule has 29 heavy (non-hydrogen) atoms. The molecular formula is C18H23N3O6S2. The Kier molecular flexibility index (Phi) is 7.73. The average molecular weight is 442 g/mol. The van der Waals surface area contributed by atoms with Gasteiger partial charge in [-0.2, -0.15) is 0 Å². The number of anilines is 1. The summed E-state index contributed by atoms with van der Waals surface area (Å²) < 4.78 is 58.4. The molecule has 0 aliphatic carbocycles. The van der Waals surface area contributed by atoms with Crippen molar-refractivity contribution in [3.05, 3.63) is 54.1 Å². The lowest BCUT2D eigenvalue weighted by Crippen LogP contribution is -2.34. The summed E-state index contributed by atoms with van der Waals surface area (Å²) in [6.07, 6.45) is -0.637. The van der Waals surface area contributed by atoms with E-state index in [1.54, 1.807) is 19.1 Å². The van der Waals surface area contributed by atoms with Crippen LogP contribution in [0, 0.1) is 6.92 Å². The maximum atomic E-state index is 12.3. The lowest BCUT2D eigenvalue weighted by Gasteiger charge is -2.10. The highest BCUT2D eigenvalue weighted by atomic mass is 32.2. The fraction of sp³-hybridized carbons (Fsp3) is 0.278. The number of benzene rings is 2. The first-order chi connectivity index (χ1) is 13.6. The minimum Gasteiger partial charge on any atom is -0.450 e.